The van der Waals surface area contributed by atoms with Crippen molar-refractivity contribution in [3.8, 4) is 0 Å². The number of rotatable bonds is 5. The second-order valence-electron chi connectivity index (χ2n) is 8.40. The number of nitrogens with zero attached hydrogens (tertiary/aromatic N) is 4. The highest BCUT2D eigenvalue weighted by atomic mass is 35.5. The highest BCUT2D eigenvalue weighted by molar-refractivity contribution is 6.31. The SMILES string of the molecule is COC(=O)[C@@H](c1ccccc1Cl)N1CCN([C@H](C)c2nc(C(C)(C)C)no2)CC1. The number of aromatic nitrogens is 2. The monoisotopic (exact) mass is 420 g/mol. The molecule has 29 heavy (non-hydrogen) atoms. The van der Waals surface area contributed by atoms with Crippen LogP contribution in [0.1, 0.15) is 57.1 Å². The molecule has 0 amide bonds. The molecule has 0 N–H and O–H groups in total. The van der Waals surface area contributed by atoms with Crippen molar-refractivity contribution in [1.82, 2.24) is 19.9 Å². The number of carbonyl (C=O) groups is 1. The second kappa shape index (κ2) is 8.81. The lowest BCUT2D eigenvalue weighted by molar-refractivity contribution is -0.148. The number of hydrogen-bond donors (Lipinski definition) is 0. The van der Waals surface area contributed by atoms with Gasteiger partial charge in [-0.25, -0.2) is 4.79 Å². The third-order valence-electron chi connectivity index (χ3n) is 5.36. The van der Waals surface area contributed by atoms with E-state index in [0.717, 1.165) is 18.7 Å². The summed E-state index contributed by atoms with van der Waals surface area (Å²) in [6.45, 7) is 11.2. The fourth-order valence-electron chi connectivity index (χ4n) is 3.53. The molecule has 1 aliphatic heterocycles. The molecule has 0 aliphatic carbocycles. The Hall–Kier alpha value is -1.96. The molecule has 3 rings (SSSR count). The highest BCUT2D eigenvalue weighted by Gasteiger charge is 2.34. The summed E-state index contributed by atoms with van der Waals surface area (Å²) < 4.78 is 10.6. The molecule has 2 atom stereocenters. The van der Waals surface area contributed by atoms with Crippen molar-refractivity contribution in [1.29, 1.82) is 0 Å². The standard InChI is InChI=1S/C21H29ClN4O3/c1-14(18-23-20(24-29-18)21(2,3)4)25-10-12-26(13-11-25)17(19(27)28-5)15-8-6-7-9-16(15)22/h6-9,14,17H,10-13H2,1-5H3/t14-,17-/m1/s1. The zero-order valence-corrected chi connectivity index (χ0v) is 18.4. The quantitative estimate of drug-likeness (QED) is 0.684. The van der Waals surface area contributed by atoms with E-state index in [0.29, 0.717) is 29.8 Å². The molecule has 1 fully saturated rings. The Morgan fingerprint density at radius 1 is 1.17 bits per heavy atom. The number of halogens is 1. The molecule has 0 radical (unpaired) electrons. The van der Waals surface area contributed by atoms with Crippen LogP contribution in [0.25, 0.3) is 0 Å². The Balaban J connectivity index is 1.70. The molecule has 2 aromatic rings. The van der Waals surface area contributed by atoms with Gasteiger partial charge in [0.15, 0.2) is 5.82 Å². The maximum atomic E-state index is 12.5. The van der Waals surface area contributed by atoms with Gasteiger partial charge in [-0.1, -0.05) is 55.7 Å². The van der Waals surface area contributed by atoms with E-state index in [4.69, 9.17) is 20.9 Å². The predicted molar refractivity (Wildman–Crippen MR) is 111 cm³/mol. The molecule has 2 heterocycles. The molecule has 1 saturated heterocycles. The Bertz CT molecular complexity index is 840. The lowest BCUT2D eigenvalue weighted by Crippen LogP contribution is -2.50. The third kappa shape index (κ3) is 4.79. The minimum absolute atomic E-state index is 0.0117. The molecular formula is C21H29ClN4O3. The van der Waals surface area contributed by atoms with Crippen molar-refractivity contribution >= 4 is 17.6 Å². The molecule has 7 nitrogen and oxygen atoms in total. The fourth-order valence-corrected chi connectivity index (χ4v) is 3.77. The van der Waals surface area contributed by atoms with Gasteiger partial charge in [-0.15, -0.1) is 0 Å². The summed E-state index contributed by atoms with van der Waals surface area (Å²) in [5, 5.41) is 4.70. The van der Waals surface area contributed by atoms with Gasteiger partial charge in [0, 0.05) is 36.6 Å². The van der Waals surface area contributed by atoms with E-state index < -0.39 is 6.04 Å². The van der Waals surface area contributed by atoms with Gasteiger partial charge in [0.25, 0.3) is 0 Å². The first kappa shape index (κ1) is 21.7. The summed E-state index contributed by atoms with van der Waals surface area (Å²) in [5.41, 5.74) is 0.622. The number of benzene rings is 1. The van der Waals surface area contributed by atoms with Crippen LogP contribution in [0.3, 0.4) is 0 Å². The van der Waals surface area contributed by atoms with Crippen molar-refractivity contribution < 1.29 is 14.1 Å². The maximum Gasteiger partial charge on any atom is 0.327 e. The van der Waals surface area contributed by atoms with E-state index in [2.05, 4.69) is 47.6 Å². The normalized spacial score (nSPS) is 18.4. The van der Waals surface area contributed by atoms with Gasteiger partial charge in [-0.2, -0.15) is 4.98 Å². The average molecular weight is 421 g/mol. The molecular weight excluding hydrogens is 392 g/mol. The number of carbonyl (C=O) groups excluding carboxylic acids is 1. The number of piperazine rings is 1. The lowest BCUT2D eigenvalue weighted by Gasteiger charge is -2.39. The summed E-state index contributed by atoms with van der Waals surface area (Å²) in [6, 6.07) is 6.92. The summed E-state index contributed by atoms with van der Waals surface area (Å²) in [4.78, 5) is 21.5. The molecule has 1 aromatic carbocycles. The van der Waals surface area contributed by atoms with Gasteiger partial charge in [-0.05, 0) is 18.6 Å². The van der Waals surface area contributed by atoms with Gasteiger partial charge in [0.2, 0.25) is 5.89 Å². The maximum absolute atomic E-state index is 12.5. The average Bonchev–Trinajstić information content (AvgIpc) is 3.20. The zero-order valence-electron chi connectivity index (χ0n) is 17.7. The van der Waals surface area contributed by atoms with E-state index in [9.17, 15) is 4.79 Å². The fraction of sp³-hybridized carbons (Fsp3) is 0.571. The minimum atomic E-state index is -0.512. The van der Waals surface area contributed by atoms with Gasteiger partial charge in [0.05, 0.1) is 13.2 Å². The van der Waals surface area contributed by atoms with Crippen molar-refractivity contribution in [2.45, 2.75) is 45.2 Å². The molecule has 0 spiro atoms. The van der Waals surface area contributed by atoms with Gasteiger partial charge in [-0.3, -0.25) is 9.80 Å². The second-order valence-corrected chi connectivity index (χ2v) is 8.81. The van der Waals surface area contributed by atoms with Crippen molar-refractivity contribution in [2.75, 3.05) is 33.3 Å². The van der Waals surface area contributed by atoms with E-state index in [-0.39, 0.29) is 17.4 Å². The molecule has 158 valence electrons. The summed E-state index contributed by atoms with van der Waals surface area (Å²) in [5.74, 6) is 1.03. The Morgan fingerprint density at radius 3 is 2.34 bits per heavy atom. The summed E-state index contributed by atoms with van der Waals surface area (Å²) in [7, 11) is 1.41. The van der Waals surface area contributed by atoms with Crippen LogP contribution >= 0.6 is 11.6 Å². The number of hydrogen-bond acceptors (Lipinski definition) is 7. The van der Waals surface area contributed by atoms with E-state index in [1.165, 1.54) is 7.11 Å². The number of ether oxygens (including phenoxy) is 1. The minimum Gasteiger partial charge on any atom is -0.468 e. The van der Waals surface area contributed by atoms with E-state index in [1.54, 1.807) is 6.07 Å². The smallest absolute Gasteiger partial charge is 0.327 e. The molecule has 8 heteroatoms. The van der Waals surface area contributed by atoms with Crippen molar-refractivity contribution in [3.05, 3.63) is 46.6 Å². The number of methoxy groups -OCH3 is 1. The van der Waals surface area contributed by atoms with Crippen LogP contribution in [-0.4, -0.2) is 59.2 Å². The Kier molecular flexibility index (Phi) is 6.61. The highest BCUT2D eigenvalue weighted by Crippen LogP contribution is 2.31. The van der Waals surface area contributed by atoms with E-state index in [1.807, 2.05) is 18.2 Å². The topological polar surface area (TPSA) is 71.7 Å². The van der Waals surface area contributed by atoms with Crippen LogP contribution in [0, 0.1) is 0 Å². The van der Waals surface area contributed by atoms with Crippen LogP contribution in [0.2, 0.25) is 5.02 Å². The first-order chi connectivity index (χ1) is 13.7. The molecule has 0 unspecified atom stereocenters. The molecule has 0 bridgehead atoms. The Labute approximate surface area is 177 Å². The summed E-state index contributed by atoms with van der Waals surface area (Å²) >= 11 is 6.37. The molecule has 1 aromatic heterocycles. The van der Waals surface area contributed by atoms with E-state index >= 15 is 0 Å². The van der Waals surface area contributed by atoms with Crippen LogP contribution in [0.5, 0.6) is 0 Å². The lowest BCUT2D eigenvalue weighted by atomic mass is 9.96. The van der Waals surface area contributed by atoms with Crippen LogP contribution in [0.15, 0.2) is 28.8 Å². The summed E-state index contributed by atoms with van der Waals surface area (Å²) in [6.07, 6.45) is 0. The third-order valence-corrected chi connectivity index (χ3v) is 5.70. The molecule has 1 aliphatic rings. The van der Waals surface area contributed by atoms with Crippen molar-refractivity contribution in [3.63, 3.8) is 0 Å². The van der Waals surface area contributed by atoms with Crippen molar-refractivity contribution in [2.24, 2.45) is 0 Å². The van der Waals surface area contributed by atoms with Crippen LogP contribution < -0.4 is 0 Å². The first-order valence-corrected chi connectivity index (χ1v) is 10.2. The first-order valence-electron chi connectivity index (χ1n) is 9.87. The largest absolute Gasteiger partial charge is 0.468 e. The Morgan fingerprint density at radius 2 is 1.79 bits per heavy atom. The van der Waals surface area contributed by atoms with Gasteiger partial charge in [0.1, 0.15) is 6.04 Å². The van der Waals surface area contributed by atoms with Crippen LogP contribution in [-0.2, 0) is 14.9 Å². The van der Waals surface area contributed by atoms with Crippen LogP contribution in [0.4, 0.5) is 0 Å². The van der Waals surface area contributed by atoms with Gasteiger partial charge < -0.3 is 9.26 Å². The molecule has 0 saturated carbocycles. The predicted octanol–water partition coefficient (Wildman–Crippen LogP) is 3.61. The number of esters is 1. The zero-order chi connectivity index (χ0) is 21.2. The van der Waals surface area contributed by atoms with Gasteiger partial charge >= 0.3 is 5.97 Å².